The number of carboxylic acids is 2. The molecule has 0 fully saturated rings. The van der Waals surface area contributed by atoms with Crippen LogP contribution in [0.15, 0.2) is 48.5 Å². The molecular weight excluding hydrogens is 372 g/mol. The average molecular weight is 390 g/mol. The van der Waals surface area contributed by atoms with Crippen molar-refractivity contribution in [1.82, 2.24) is 4.98 Å². The van der Waals surface area contributed by atoms with Crippen LogP contribution in [-0.2, 0) is 0 Å². The highest BCUT2D eigenvalue weighted by molar-refractivity contribution is 6.17. The van der Waals surface area contributed by atoms with Crippen LogP contribution in [0.2, 0.25) is 0 Å². The van der Waals surface area contributed by atoms with Crippen LogP contribution in [0.25, 0.3) is 32.9 Å². The molecule has 0 radical (unpaired) electrons. The number of aromatic carboxylic acids is 2. The summed E-state index contributed by atoms with van der Waals surface area (Å²) in [4.78, 5) is 26.7. The summed E-state index contributed by atoms with van der Waals surface area (Å²) in [5.41, 5.74) is 1.84. The van der Waals surface area contributed by atoms with Gasteiger partial charge in [-0.3, -0.25) is 0 Å². The Kier molecular flexibility index (Phi) is 4.35. The van der Waals surface area contributed by atoms with Crippen molar-refractivity contribution in [3.63, 3.8) is 0 Å². The lowest BCUT2D eigenvalue weighted by atomic mass is 9.94. The number of aromatic hydroxyl groups is 1. The van der Waals surface area contributed by atoms with Crippen LogP contribution in [0.5, 0.6) is 5.75 Å². The molecule has 7 heteroatoms. The maximum absolute atomic E-state index is 12.0. The van der Waals surface area contributed by atoms with E-state index in [0.717, 1.165) is 10.9 Å². The van der Waals surface area contributed by atoms with Crippen molar-refractivity contribution >= 4 is 39.4 Å². The molecule has 0 atom stereocenters. The van der Waals surface area contributed by atoms with Crippen LogP contribution >= 0.6 is 0 Å². The van der Waals surface area contributed by atoms with Crippen LogP contribution in [0.3, 0.4) is 0 Å². The molecule has 0 aliphatic rings. The first-order valence-electron chi connectivity index (χ1n) is 9.04. The number of carboxylic acid groups (broad SMARTS) is 2. The summed E-state index contributed by atoms with van der Waals surface area (Å²) >= 11 is 0. The summed E-state index contributed by atoms with van der Waals surface area (Å²) in [6.07, 6.45) is 0. The van der Waals surface area contributed by atoms with Gasteiger partial charge in [0.15, 0.2) is 0 Å². The van der Waals surface area contributed by atoms with E-state index in [1.165, 1.54) is 6.07 Å². The quantitative estimate of drug-likeness (QED) is 0.341. The molecule has 146 valence electrons. The lowest BCUT2D eigenvalue weighted by Gasteiger charge is -2.16. The Bertz CT molecular complexity index is 1290. The van der Waals surface area contributed by atoms with Gasteiger partial charge in [-0.1, -0.05) is 30.3 Å². The van der Waals surface area contributed by atoms with Gasteiger partial charge in [0.25, 0.3) is 0 Å². The number of hydrogen-bond acceptors (Lipinski definition) is 4. The molecule has 0 unspecified atom stereocenters. The molecular formula is C22H18N2O5. The zero-order valence-corrected chi connectivity index (χ0v) is 15.5. The van der Waals surface area contributed by atoms with Gasteiger partial charge in [0.05, 0.1) is 16.8 Å². The second kappa shape index (κ2) is 6.87. The Balaban J connectivity index is 2.14. The van der Waals surface area contributed by atoms with Crippen molar-refractivity contribution in [3.8, 4) is 16.9 Å². The number of phenols is 1. The molecule has 0 saturated carbocycles. The molecule has 0 amide bonds. The first kappa shape index (κ1) is 18.4. The zero-order chi connectivity index (χ0) is 20.7. The van der Waals surface area contributed by atoms with E-state index in [2.05, 4.69) is 10.3 Å². The van der Waals surface area contributed by atoms with Gasteiger partial charge in [-0.05, 0) is 25.1 Å². The normalized spacial score (nSPS) is 11.1. The number of rotatable bonds is 5. The summed E-state index contributed by atoms with van der Waals surface area (Å²) in [5, 5.41) is 34.7. The number of carbonyl (C=O) groups is 2. The number of benzene rings is 3. The summed E-state index contributed by atoms with van der Waals surface area (Å²) in [6.45, 7) is 2.28. The van der Waals surface area contributed by atoms with E-state index < -0.39 is 17.7 Å². The van der Waals surface area contributed by atoms with Gasteiger partial charge in [-0.15, -0.1) is 0 Å². The highest BCUT2D eigenvalue weighted by atomic mass is 16.4. The third-order valence-electron chi connectivity index (χ3n) is 4.93. The van der Waals surface area contributed by atoms with Crippen molar-refractivity contribution in [3.05, 3.63) is 59.7 Å². The maximum Gasteiger partial charge on any atom is 0.341 e. The second-order valence-electron chi connectivity index (χ2n) is 6.61. The van der Waals surface area contributed by atoms with Crippen molar-refractivity contribution in [2.45, 2.75) is 6.92 Å². The van der Waals surface area contributed by atoms with Crippen LogP contribution in [0, 0.1) is 0 Å². The molecule has 29 heavy (non-hydrogen) atoms. The second-order valence-corrected chi connectivity index (χ2v) is 6.61. The minimum atomic E-state index is -1.28. The standard InChI is InChI=1S/C22H18N2O5/c1-2-23-18-12(7-5-8-13(18)21(26)27)15-10-14-11-6-3-4-9-16(11)24-19(14)17(20(15)25)22(28)29/h3-10,23-25H,2H2,1H3,(H,26,27)(H,28,29). The highest BCUT2D eigenvalue weighted by Gasteiger charge is 2.24. The largest absolute Gasteiger partial charge is 0.506 e. The minimum Gasteiger partial charge on any atom is -0.506 e. The highest BCUT2D eigenvalue weighted by Crippen LogP contribution is 2.43. The lowest BCUT2D eigenvalue weighted by Crippen LogP contribution is -2.08. The summed E-state index contributed by atoms with van der Waals surface area (Å²) in [6, 6.07) is 13.7. The zero-order valence-electron chi connectivity index (χ0n) is 15.5. The Morgan fingerprint density at radius 2 is 1.72 bits per heavy atom. The molecule has 0 aliphatic heterocycles. The average Bonchev–Trinajstić information content (AvgIpc) is 3.05. The number of nitrogens with one attached hydrogen (secondary N) is 2. The van der Waals surface area contributed by atoms with Crippen molar-refractivity contribution in [2.75, 3.05) is 11.9 Å². The third-order valence-corrected chi connectivity index (χ3v) is 4.93. The van der Waals surface area contributed by atoms with Crippen LogP contribution in [0.4, 0.5) is 5.69 Å². The molecule has 5 N–H and O–H groups in total. The van der Waals surface area contributed by atoms with E-state index in [1.54, 1.807) is 18.2 Å². The molecule has 4 aromatic rings. The molecule has 0 saturated heterocycles. The van der Waals surface area contributed by atoms with Gasteiger partial charge < -0.3 is 25.6 Å². The van der Waals surface area contributed by atoms with E-state index in [-0.39, 0.29) is 16.7 Å². The first-order chi connectivity index (χ1) is 13.9. The smallest absolute Gasteiger partial charge is 0.341 e. The van der Waals surface area contributed by atoms with E-state index >= 15 is 0 Å². The SMILES string of the molecule is CCNc1c(C(=O)O)cccc1-c1cc2c([nH]c3ccccc32)c(C(=O)O)c1O. The molecule has 1 aromatic heterocycles. The number of fused-ring (bicyclic) bond motifs is 3. The fourth-order valence-electron chi connectivity index (χ4n) is 3.71. The van der Waals surface area contributed by atoms with Crippen LogP contribution in [-0.4, -0.2) is 38.8 Å². The molecule has 1 heterocycles. The van der Waals surface area contributed by atoms with E-state index in [1.807, 2.05) is 31.2 Å². The lowest BCUT2D eigenvalue weighted by molar-refractivity contribution is 0.0685. The molecule has 7 nitrogen and oxygen atoms in total. The Morgan fingerprint density at radius 3 is 2.41 bits per heavy atom. The molecule has 0 aliphatic carbocycles. The monoisotopic (exact) mass is 390 g/mol. The predicted octanol–water partition coefficient (Wildman–Crippen LogP) is 4.52. The van der Waals surface area contributed by atoms with Gasteiger partial charge in [0.2, 0.25) is 0 Å². The molecule has 3 aromatic carbocycles. The predicted molar refractivity (Wildman–Crippen MR) is 111 cm³/mol. The number of hydrogen-bond donors (Lipinski definition) is 5. The van der Waals surface area contributed by atoms with Gasteiger partial charge in [-0.2, -0.15) is 0 Å². The summed E-state index contributed by atoms with van der Waals surface area (Å²) < 4.78 is 0. The molecule has 4 rings (SSSR count). The number of anilines is 1. The van der Waals surface area contributed by atoms with Gasteiger partial charge in [0.1, 0.15) is 11.3 Å². The summed E-state index contributed by atoms with van der Waals surface area (Å²) in [7, 11) is 0. The number of para-hydroxylation sites is 2. The fourth-order valence-corrected chi connectivity index (χ4v) is 3.71. The van der Waals surface area contributed by atoms with Crippen LogP contribution < -0.4 is 5.32 Å². The van der Waals surface area contributed by atoms with Crippen molar-refractivity contribution in [2.24, 2.45) is 0 Å². The Morgan fingerprint density at radius 1 is 0.966 bits per heavy atom. The topological polar surface area (TPSA) is 123 Å². The number of aromatic nitrogens is 1. The van der Waals surface area contributed by atoms with E-state index in [0.29, 0.717) is 28.7 Å². The summed E-state index contributed by atoms with van der Waals surface area (Å²) in [5.74, 6) is -2.81. The number of aromatic amines is 1. The maximum atomic E-state index is 12.0. The van der Waals surface area contributed by atoms with Gasteiger partial charge in [0, 0.05) is 34.0 Å². The molecule has 0 spiro atoms. The Labute approximate surface area is 165 Å². The fraction of sp³-hybridized carbons (Fsp3) is 0.0909. The van der Waals surface area contributed by atoms with E-state index in [4.69, 9.17) is 0 Å². The van der Waals surface area contributed by atoms with Crippen LogP contribution in [0.1, 0.15) is 27.6 Å². The van der Waals surface area contributed by atoms with E-state index in [9.17, 15) is 24.9 Å². The van der Waals surface area contributed by atoms with Gasteiger partial charge in [-0.25, -0.2) is 9.59 Å². The molecule has 0 bridgehead atoms. The third kappa shape index (κ3) is 2.84. The minimum absolute atomic E-state index is 0.0413. The first-order valence-corrected chi connectivity index (χ1v) is 9.04. The number of H-pyrrole nitrogens is 1. The van der Waals surface area contributed by atoms with Crippen molar-refractivity contribution < 1.29 is 24.9 Å². The van der Waals surface area contributed by atoms with Crippen molar-refractivity contribution in [1.29, 1.82) is 0 Å². The Hall–Kier alpha value is -4.00. The van der Waals surface area contributed by atoms with Gasteiger partial charge >= 0.3 is 11.9 Å².